The van der Waals surface area contributed by atoms with Crippen molar-refractivity contribution in [2.24, 2.45) is 16.9 Å². The molecule has 2 atom stereocenters. The first-order chi connectivity index (χ1) is 19.1. The molecule has 8 heteroatoms. The summed E-state index contributed by atoms with van der Waals surface area (Å²) in [6.07, 6.45) is -4.47. The molecule has 3 aromatic carbocycles. The molecule has 216 valence electrons. The third-order valence-electron chi connectivity index (χ3n) is 7.58. The molecule has 1 aliphatic rings. The maximum Gasteiger partial charge on any atom is 0.405 e. The highest BCUT2D eigenvalue weighted by molar-refractivity contribution is 7.99. The number of fused-ring (bicyclic) bond motifs is 1. The van der Waals surface area contributed by atoms with Gasteiger partial charge in [-0.05, 0) is 39.2 Å². The van der Waals surface area contributed by atoms with Crippen molar-refractivity contribution < 1.29 is 23.9 Å². The van der Waals surface area contributed by atoms with E-state index in [1.54, 1.807) is 12.1 Å². The van der Waals surface area contributed by atoms with E-state index >= 15 is 0 Å². The van der Waals surface area contributed by atoms with Crippen molar-refractivity contribution in [2.45, 2.75) is 69.5 Å². The van der Waals surface area contributed by atoms with Gasteiger partial charge in [0, 0.05) is 16.2 Å². The minimum atomic E-state index is -1.59. The number of ether oxygens (including phenoxy) is 2. The summed E-state index contributed by atoms with van der Waals surface area (Å²) >= 11 is 1.43. The zero-order chi connectivity index (χ0) is 30.2. The lowest BCUT2D eigenvalue weighted by molar-refractivity contribution is -0.0490. The number of ketones is 1. The van der Waals surface area contributed by atoms with Crippen LogP contribution in [-0.4, -0.2) is 23.7 Å². The fraction of sp³-hybridized carbons (Fsp3) is 0.364. The number of primary amides is 2. The summed E-state index contributed by atoms with van der Waals surface area (Å²) in [4.78, 5) is 40.4. The highest BCUT2D eigenvalue weighted by atomic mass is 32.2. The maximum absolute atomic E-state index is 14.7. The second kappa shape index (κ2) is 11.2. The van der Waals surface area contributed by atoms with Crippen LogP contribution in [-0.2, 0) is 20.3 Å². The summed E-state index contributed by atoms with van der Waals surface area (Å²) < 4.78 is 11.6. The average Bonchev–Trinajstić information content (AvgIpc) is 2.90. The molecule has 0 saturated heterocycles. The molecule has 0 saturated carbocycles. The minimum absolute atomic E-state index is 0.127. The summed E-state index contributed by atoms with van der Waals surface area (Å²) in [5.41, 5.74) is 13.1. The molecule has 41 heavy (non-hydrogen) atoms. The quantitative estimate of drug-likeness (QED) is 0.320. The van der Waals surface area contributed by atoms with Crippen molar-refractivity contribution in [2.75, 3.05) is 5.75 Å². The van der Waals surface area contributed by atoms with Gasteiger partial charge in [-0.1, -0.05) is 108 Å². The van der Waals surface area contributed by atoms with Gasteiger partial charge in [0.1, 0.15) is 17.6 Å². The third-order valence-corrected chi connectivity index (χ3v) is 8.87. The van der Waals surface area contributed by atoms with Gasteiger partial charge in [0.25, 0.3) is 0 Å². The number of benzene rings is 3. The van der Waals surface area contributed by atoms with Crippen LogP contribution in [0.1, 0.15) is 86.4 Å². The van der Waals surface area contributed by atoms with Crippen LogP contribution in [0.15, 0.2) is 77.7 Å². The molecular weight excluding hydrogens is 536 g/mol. The van der Waals surface area contributed by atoms with E-state index in [4.69, 9.17) is 20.9 Å². The van der Waals surface area contributed by atoms with Crippen LogP contribution >= 0.6 is 11.8 Å². The largest absolute Gasteiger partial charge is 0.440 e. The fourth-order valence-corrected chi connectivity index (χ4v) is 6.63. The molecule has 0 aromatic heterocycles. The molecule has 4 N–H and O–H groups in total. The van der Waals surface area contributed by atoms with Gasteiger partial charge in [-0.15, -0.1) is 11.8 Å². The Morgan fingerprint density at radius 1 is 0.732 bits per heavy atom. The number of rotatable bonds is 6. The van der Waals surface area contributed by atoms with Crippen LogP contribution in [0.25, 0.3) is 0 Å². The van der Waals surface area contributed by atoms with Crippen molar-refractivity contribution in [1.82, 2.24) is 0 Å². The van der Waals surface area contributed by atoms with Gasteiger partial charge >= 0.3 is 12.2 Å². The molecule has 0 fully saturated rings. The summed E-state index contributed by atoms with van der Waals surface area (Å²) in [7, 11) is 0. The van der Waals surface area contributed by atoms with Crippen LogP contribution in [0.3, 0.4) is 0 Å². The van der Waals surface area contributed by atoms with E-state index in [0.717, 1.165) is 16.0 Å². The van der Waals surface area contributed by atoms with E-state index in [2.05, 4.69) is 41.5 Å². The molecular formula is C33H38N2O5S. The highest BCUT2D eigenvalue weighted by Gasteiger charge is 2.59. The predicted molar refractivity (Wildman–Crippen MR) is 161 cm³/mol. The Balaban J connectivity index is 1.99. The Kier molecular flexibility index (Phi) is 8.28. The van der Waals surface area contributed by atoms with E-state index in [1.807, 2.05) is 60.7 Å². The van der Waals surface area contributed by atoms with Crippen molar-refractivity contribution in [3.8, 4) is 0 Å². The molecule has 3 aromatic rings. The molecule has 7 nitrogen and oxygen atoms in total. The third kappa shape index (κ3) is 6.12. The highest BCUT2D eigenvalue weighted by Crippen LogP contribution is 2.56. The molecule has 2 amide bonds. The SMILES string of the molecule is CC(C)(C)c1ccc(C(OC(N)=O)C2(C(OC(N)=O)c3ccc(C(C)(C)C)cc3)CSc3ccccc3C2=O)cc1. The summed E-state index contributed by atoms with van der Waals surface area (Å²) in [5.74, 6) is -0.190. The molecule has 1 heterocycles. The fourth-order valence-electron chi connectivity index (χ4n) is 5.31. The molecule has 0 radical (unpaired) electrons. The van der Waals surface area contributed by atoms with Crippen LogP contribution in [0.4, 0.5) is 9.59 Å². The molecule has 0 aliphatic carbocycles. The molecule has 0 spiro atoms. The monoisotopic (exact) mass is 574 g/mol. The number of thioether (sulfide) groups is 1. The average molecular weight is 575 g/mol. The number of hydrogen-bond acceptors (Lipinski definition) is 6. The number of nitrogens with two attached hydrogens (primary N) is 2. The Labute approximate surface area is 246 Å². The van der Waals surface area contributed by atoms with Crippen LogP contribution < -0.4 is 11.5 Å². The van der Waals surface area contributed by atoms with Crippen LogP contribution in [0, 0.1) is 5.41 Å². The van der Waals surface area contributed by atoms with Crippen LogP contribution in [0.5, 0.6) is 0 Å². The predicted octanol–water partition coefficient (Wildman–Crippen LogP) is 7.23. The second-order valence-electron chi connectivity index (χ2n) is 12.5. The lowest BCUT2D eigenvalue weighted by atomic mass is 9.67. The van der Waals surface area contributed by atoms with Crippen LogP contribution in [0.2, 0.25) is 0 Å². The van der Waals surface area contributed by atoms with Gasteiger partial charge in [-0.3, -0.25) is 4.79 Å². The first-order valence-electron chi connectivity index (χ1n) is 13.5. The summed E-state index contributed by atoms with van der Waals surface area (Å²) in [5, 5.41) is 0. The maximum atomic E-state index is 14.7. The summed E-state index contributed by atoms with van der Waals surface area (Å²) in [6, 6.07) is 22.3. The van der Waals surface area contributed by atoms with Gasteiger partial charge in [-0.2, -0.15) is 0 Å². The zero-order valence-electron chi connectivity index (χ0n) is 24.4. The molecule has 4 rings (SSSR count). The van der Waals surface area contributed by atoms with E-state index < -0.39 is 29.8 Å². The molecule has 0 bridgehead atoms. The summed E-state index contributed by atoms with van der Waals surface area (Å²) in [6.45, 7) is 12.6. The zero-order valence-corrected chi connectivity index (χ0v) is 25.2. The number of carbonyl (C=O) groups excluding carboxylic acids is 3. The van der Waals surface area contributed by atoms with Crippen molar-refractivity contribution >= 4 is 29.7 Å². The lowest BCUT2D eigenvalue weighted by Crippen LogP contribution is -2.50. The topological polar surface area (TPSA) is 122 Å². The van der Waals surface area contributed by atoms with E-state index in [1.165, 1.54) is 11.8 Å². The molecule has 2 unspecified atom stereocenters. The van der Waals surface area contributed by atoms with Gasteiger partial charge in [0.05, 0.1) is 0 Å². The normalized spacial score (nSPS) is 18.6. The Bertz CT molecular complexity index is 1360. The minimum Gasteiger partial charge on any atom is -0.440 e. The lowest BCUT2D eigenvalue weighted by Gasteiger charge is -2.45. The second-order valence-corrected chi connectivity index (χ2v) is 13.5. The van der Waals surface area contributed by atoms with E-state index in [-0.39, 0.29) is 22.4 Å². The van der Waals surface area contributed by atoms with Gasteiger partial charge < -0.3 is 20.9 Å². The van der Waals surface area contributed by atoms with E-state index in [9.17, 15) is 14.4 Å². The Hall–Kier alpha value is -3.78. The number of carbonyl (C=O) groups is 3. The first kappa shape index (κ1) is 30.2. The van der Waals surface area contributed by atoms with Crippen molar-refractivity contribution in [3.63, 3.8) is 0 Å². The van der Waals surface area contributed by atoms with Gasteiger partial charge in [0.15, 0.2) is 5.78 Å². The Morgan fingerprint density at radius 3 is 1.54 bits per heavy atom. The number of Topliss-reactive ketones (excluding diaryl/α,β-unsaturated/α-hetero) is 1. The van der Waals surface area contributed by atoms with Crippen molar-refractivity contribution in [1.29, 1.82) is 0 Å². The Morgan fingerprint density at radius 2 is 1.15 bits per heavy atom. The smallest absolute Gasteiger partial charge is 0.405 e. The number of amides is 2. The molecule has 1 aliphatic heterocycles. The number of hydrogen-bond donors (Lipinski definition) is 2. The standard InChI is InChI=1S/C33H38N2O5S/c1-31(2,3)22-15-11-20(12-16-22)27(39-29(34)37)33(19-41-25-10-8-7-9-24(25)26(33)36)28(40-30(35)38)21-13-17-23(18-14-21)32(4,5)6/h7-18,27-28H,19H2,1-6H3,(H2,34,37)(H2,35,38). The van der Waals surface area contributed by atoms with E-state index in [0.29, 0.717) is 16.7 Å². The van der Waals surface area contributed by atoms with Gasteiger partial charge in [-0.25, -0.2) is 9.59 Å². The first-order valence-corrected chi connectivity index (χ1v) is 14.5. The van der Waals surface area contributed by atoms with Gasteiger partial charge in [0.2, 0.25) is 0 Å². The van der Waals surface area contributed by atoms with Crippen molar-refractivity contribution in [3.05, 3.63) is 101 Å².